The van der Waals surface area contributed by atoms with Crippen LogP contribution in [0.5, 0.6) is 11.5 Å². The molecule has 130 valence electrons. The molecule has 4 nitrogen and oxygen atoms in total. The number of carbonyl (C=O) groups excluding carboxylic acids is 1. The van der Waals surface area contributed by atoms with Gasteiger partial charge in [-0.1, -0.05) is 17.7 Å². The maximum absolute atomic E-state index is 12.9. The van der Waals surface area contributed by atoms with Crippen molar-refractivity contribution in [3.05, 3.63) is 58.1 Å². The summed E-state index contributed by atoms with van der Waals surface area (Å²) in [6.07, 6.45) is 1.69. The Balaban J connectivity index is 1.65. The maximum atomic E-state index is 12.9. The van der Waals surface area contributed by atoms with Crippen molar-refractivity contribution < 1.29 is 14.3 Å². The lowest BCUT2D eigenvalue weighted by molar-refractivity contribution is 0.0677. The van der Waals surface area contributed by atoms with Gasteiger partial charge >= 0.3 is 0 Å². The van der Waals surface area contributed by atoms with Crippen molar-refractivity contribution in [1.82, 2.24) is 4.90 Å². The van der Waals surface area contributed by atoms with Crippen LogP contribution in [0.15, 0.2) is 36.4 Å². The molecule has 2 aromatic carbocycles. The van der Waals surface area contributed by atoms with Crippen LogP contribution in [0.3, 0.4) is 0 Å². The normalized spacial score (nSPS) is 19.1. The number of carbonyl (C=O) groups is 1. The molecular formula is C20H20ClNO3. The Morgan fingerprint density at radius 1 is 1.16 bits per heavy atom. The second kappa shape index (κ2) is 6.60. The van der Waals surface area contributed by atoms with Crippen LogP contribution < -0.4 is 9.47 Å². The summed E-state index contributed by atoms with van der Waals surface area (Å²) in [6, 6.07) is 11.2. The van der Waals surface area contributed by atoms with E-state index in [1.54, 1.807) is 12.1 Å². The SMILES string of the molecule is C[C@H]1c2cc3c(cc2CCN1C(=O)c1cccc(Cl)c1)OCCCO3. The van der Waals surface area contributed by atoms with Crippen LogP contribution in [0.4, 0.5) is 0 Å². The smallest absolute Gasteiger partial charge is 0.254 e. The number of benzene rings is 2. The summed E-state index contributed by atoms with van der Waals surface area (Å²) in [5, 5.41) is 0.576. The molecule has 0 unspecified atom stereocenters. The van der Waals surface area contributed by atoms with Crippen LogP contribution in [0.25, 0.3) is 0 Å². The zero-order chi connectivity index (χ0) is 17.4. The van der Waals surface area contributed by atoms with Crippen LogP contribution in [0.1, 0.15) is 40.9 Å². The first-order valence-corrected chi connectivity index (χ1v) is 9.00. The number of amides is 1. The third kappa shape index (κ3) is 3.07. The summed E-state index contributed by atoms with van der Waals surface area (Å²) >= 11 is 6.04. The predicted molar refractivity (Wildman–Crippen MR) is 96.7 cm³/mol. The largest absolute Gasteiger partial charge is 0.490 e. The minimum Gasteiger partial charge on any atom is -0.490 e. The number of ether oxygens (including phenoxy) is 2. The highest BCUT2D eigenvalue weighted by atomic mass is 35.5. The van der Waals surface area contributed by atoms with Gasteiger partial charge in [-0.3, -0.25) is 4.79 Å². The Bertz CT molecular complexity index is 821. The first-order valence-electron chi connectivity index (χ1n) is 8.62. The van der Waals surface area contributed by atoms with E-state index >= 15 is 0 Å². The van der Waals surface area contributed by atoms with Crippen molar-refractivity contribution in [3.8, 4) is 11.5 Å². The van der Waals surface area contributed by atoms with Crippen LogP contribution >= 0.6 is 11.6 Å². The topological polar surface area (TPSA) is 38.8 Å². The van der Waals surface area contributed by atoms with E-state index in [2.05, 4.69) is 13.0 Å². The lowest BCUT2D eigenvalue weighted by atomic mass is 9.92. The molecule has 2 aliphatic rings. The first-order chi connectivity index (χ1) is 12.1. The van der Waals surface area contributed by atoms with Gasteiger partial charge in [0.2, 0.25) is 0 Å². The molecule has 25 heavy (non-hydrogen) atoms. The van der Waals surface area contributed by atoms with Gasteiger partial charge in [0.1, 0.15) is 0 Å². The molecule has 0 N–H and O–H groups in total. The predicted octanol–water partition coefficient (Wildman–Crippen LogP) is 4.26. The van der Waals surface area contributed by atoms with Gasteiger partial charge in [-0.05, 0) is 54.8 Å². The van der Waals surface area contributed by atoms with E-state index in [9.17, 15) is 4.79 Å². The second-order valence-corrected chi connectivity index (χ2v) is 6.92. The monoisotopic (exact) mass is 357 g/mol. The van der Waals surface area contributed by atoms with Gasteiger partial charge in [0.25, 0.3) is 5.91 Å². The highest BCUT2D eigenvalue weighted by Gasteiger charge is 2.30. The van der Waals surface area contributed by atoms with Crippen LogP contribution in [-0.4, -0.2) is 30.6 Å². The molecule has 0 aromatic heterocycles. The quantitative estimate of drug-likeness (QED) is 0.765. The molecule has 4 rings (SSSR count). The molecule has 0 bridgehead atoms. The van der Waals surface area contributed by atoms with E-state index in [1.807, 2.05) is 23.1 Å². The van der Waals surface area contributed by atoms with E-state index in [1.165, 1.54) is 5.56 Å². The van der Waals surface area contributed by atoms with Crippen LogP contribution in [0.2, 0.25) is 5.02 Å². The van der Waals surface area contributed by atoms with Gasteiger partial charge in [0.05, 0.1) is 19.3 Å². The highest BCUT2D eigenvalue weighted by molar-refractivity contribution is 6.30. The molecule has 2 aromatic rings. The Kier molecular flexibility index (Phi) is 4.30. The molecule has 0 saturated carbocycles. The van der Waals surface area contributed by atoms with E-state index in [0.717, 1.165) is 29.9 Å². The number of fused-ring (bicyclic) bond motifs is 2. The van der Waals surface area contributed by atoms with Crippen molar-refractivity contribution >= 4 is 17.5 Å². The lowest BCUT2D eigenvalue weighted by Gasteiger charge is -2.36. The number of halogens is 1. The van der Waals surface area contributed by atoms with Crippen molar-refractivity contribution in [2.45, 2.75) is 25.8 Å². The molecule has 5 heteroatoms. The number of hydrogen-bond donors (Lipinski definition) is 0. The van der Waals surface area contributed by atoms with Crippen LogP contribution in [0, 0.1) is 0 Å². The Morgan fingerprint density at radius 2 is 1.92 bits per heavy atom. The summed E-state index contributed by atoms with van der Waals surface area (Å²) in [7, 11) is 0. The fourth-order valence-corrected chi connectivity index (χ4v) is 3.73. The lowest BCUT2D eigenvalue weighted by Crippen LogP contribution is -2.38. The summed E-state index contributed by atoms with van der Waals surface area (Å²) in [4.78, 5) is 14.8. The minimum atomic E-state index is -0.0209. The summed E-state index contributed by atoms with van der Waals surface area (Å²) < 4.78 is 11.6. The van der Waals surface area contributed by atoms with Crippen molar-refractivity contribution in [2.75, 3.05) is 19.8 Å². The van der Waals surface area contributed by atoms with Crippen molar-refractivity contribution in [2.24, 2.45) is 0 Å². The number of rotatable bonds is 1. The van der Waals surface area contributed by atoms with E-state index in [0.29, 0.717) is 30.3 Å². The maximum Gasteiger partial charge on any atom is 0.254 e. The third-order valence-electron chi connectivity index (χ3n) is 4.88. The summed E-state index contributed by atoms with van der Waals surface area (Å²) in [6.45, 7) is 4.08. The van der Waals surface area contributed by atoms with Gasteiger partial charge in [-0.2, -0.15) is 0 Å². The van der Waals surface area contributed by atoms with E-state index < -0.39 is 0 Å². The average molecular weight is 358 g/mol. The standard InChI is InChI=1S/C20H20ClNO3/c1-13-17-12-19-18(24-8-3-9-25-19)11-14(17)6-7-22(13)20(23)15-4-2-5-16(21)10-15/h2,4-5,10-13H,3,6-9H2,1H3/t13-/m0/s1. The number of nitrogens with zero attached hydrogens (tertiary/aromatic N) is 1. The molecular weight excluding hydrogens is 338 g/mol. The Labute approximate surface area is 152 Å². The zero-order valence-corrected chi connectivity index (χ0v) is 14.9. The third-order valence-corrected chi connectivity index (χ3v) is 5.12. The second-order valence-electron chi connectivity index (χ2n) is 6.48. The van der Waals surface area contributed by atoms with Crippen LogP contribution in [-0.2, 0) is 6.42 Å². The van der Waals surface area contributed by atoms with Crippen molar-refractivity contribution in [1.29, 1.82) is 0 Å². The molecule has 0 aliphatic carbocycles. The Morgan fingerprint density at radius 3 is 2.68 bits per heavy atom. The first kappa shape index (κ1) is 16.3. The van der Waals surface area contributed by atoms with Gasteiger partial charge in [-0.15, -0.1) is 0 Å². The fraction of sp³-hybridized carbons (Fsp3) is 0.350. The summed E-state index contributed by atoms with van der Waals surface area (Å²) in [5.41, 5.74) is 2.98. The molecule has 0 spiro atoms. The van der Waals surface area contributed by atoms with E-state index in [4.69, 9.17) is 21.1 Å². The fourth-order valence-electron chi connectivity index (χ4n) is 3.54. The van der Waals surface area contributed by atoms with Crippen molar-refractivity contribution in [3.63, 3.8) is 0 Å². The average Bonchev–Trinajstić information content (AvgIpc) is 2.85. The van der Waals surface area contributed by atoms with Gasteiger partial charge in [0, 0.05) is 23.6 Å². The molecule has 0 saturated heterocycles. The number of hydrogen-bond acceptors (Lipinski definition) is 3. The molecule has 1 atom stereocenters. The molecule has 0 radical (unpaired) electrons. The Hall–Kier alpha value is -2.20. The van der Waals surface area contributed by atoms with Gasteiger partial charge in [-0.25, -0.2) is 0 Å². The summed E-state index contributed by atoms with van der Waals surface area (Å²) in [5.74, 6) is 1.60. The van der Waals surface area contributed by atoms with Gasteiger partial charge < -0.3 is 14.4 Å². The minimum absolute atomic E-state index is 0.00719. The molecule has 1 amide bonds. The molecule has 2 heterocycles. The molecule has 0 fully saturated rings. The highest BCUT2D eigenvalue weighted by Crippen LogP contribution is 2.39. The van der Waals surface area contributed by atoms with E-state index in [-0.39, 0.29) is 11.9 Å². The zero-order valence-electron chi connectivity index (χ0n) is 14.1. The van der Waals surface area contributed by atoms with Gasteiger partial charge in [0.15, 0.2) is 11.5 Å². The molecule has 2 aliphatic heterocycles.